The second-order valence-electron chi connectivity index (χ2n) is 6.55. The molecule has 0 spiro atoms. The number of rotatable bonds is 10. The number of nitriles is 2. The Hall–Kier alpha value is -2.98. The number of nitrogens with zero attached hydrogens (tertiary/aromatic N) is 2. The molecule has 4 nitrogen and oxygen atoms in total. The Morgan fingerprint density at radius 1 is 0.667 bits per heavy atom. The lowest BCUT2D eigenvalue weighted by atomic mass is 9.91. The summed E-state index contributed by atoms with van der Waals surface area (Å²) in [7, 11) is 3.27. The third kappa shape index (κ3) is 6.04. The van der Waals surface area contributed by atoms with Gasteiger partial charge in [-0.2, -0.15) is 10.5 Å². The predicted molar refractivity (Wildman–Crippen MR) is 106 cm³/mol. The minimum Gasteiger partial charge on any atom is -0.497 e. The van der Waals surface area contributed by atoms with E-state index in [-0.39, 0.29) is 11.8 Å². The van der Waals surface area contributed by atoms with Crippen LogP contribution in [0, 0.1) is 22.7 Å². The van der Waals surface area contributed by atoms with Crippen molar-refractivity contribution in [3.05, 3.63) is 59.7 Å². The van der Waals surface area contributed by atoms with Crippen LogP contribution in [0.25, 0.3) is 0 Å². The van der Waals surface area contributed by atoms with Crippen molar-refractivity contribution >= 4 is 0 Å². The maximum atomic E-state index is 9.45. The van der Waals surface area contributed by atoms with Gasteiger partial charge in [0.15, 0.2) is 0 Å². The molecule has 0 aliphatic carbocycles. The second-order valence-corrected chi connectivity index (χ2v) is 6.55. The average molecular weight is 362 g/mol. The summed E-state index contributed by atoms with van der Waals surface area (Å²) in [6.45, 7) is 0. The van der Waals surface area contributed by atoms with E-state index in [0.29, 0.717) is 0 Å². The zero-order valence-corrected chi connectivity index (χ0v) is 16.0. The van der Waals surface area contributed by atoms with Crippen LogP contribution >= 0.6 is 0 Å². The minimum atomic E-state index is -0.0933. The molecule has 0 radical (unpaired) electrons. The van der Waals surface area contributed by atoms with Crippen LogP contribution in [-0.2, 0) is 0 Å². The number of hydrogen-bond donors (Lipinski definition) is 0. The quantitative estimate of drug-likeness (QED) is 0.518. The van der Waals surface area contributed by atoms with E-state index in [4.69, 9.17) is 9.47 Å². The highest BCUT2D eigenvalue weighted by atomic mass is 16.5. The molecule has 2 rings (SSSR count). The molecule has 2 unspecified atom stereocenters. The second kappa shape index (κ2) is 10.9. The van der Waals surface area contributed by atoms with Gasteiger partial charge in [-0.25, -0.2) is 0 Å². The summed E-state index contributed by atoms with van der Waals surface area (Å²) >= 11 is 0. The van der Waals surface area contributed by atoms with Crippen molar-refractivity contribution < 1.29 is 9.47 Å². The maximum absolute atomic E-state index is 9.45. The van der Waals surface area contributed by atoms with E-state index in [1.807, 2.05) is 48.5 Å². The third-order valence-electron chi connectivity index (χ3n) is 4.83. The largest absolute Gasteiger partial charge is 0.497 e. The minimum absolute atomic E-state index is 0.0933. The van der Waals surface area contributed by atoms with Gasteiger partial charge in [0.1, 0.15) is 11.5 Å². The predicted octanol–water partition coefficient (Wildman–Crippen LogP) is 5.57. The zero-order chi connectivity index (χ0) is 19.5. The third-order valence-corrected chi connectivity index (χ3v) is 4.83. The van der Waals surface area contributed by atoms with Gasteiger partial charge in [0, 0.05) is 0 Å². The molecular formula is C23H26N2O2. The molecule has 140 valence electrons. The molecule has 0 aliphatic rings. The molecule has 0 fully saturated rings. The maximum Gasteiger partial charge on any atom is 0.118 e. The summed E-state index contributed by atoms with van der Waals surface area (Å²) in [5.41, 5.74) is 2.07. The van der Waals surface area contributed by atoms with Gasteiger partial charge in [0.05, 0.1) is 38.2 Å². The number of ether oxygens (including phenoxy) is 2. The summed E-state index contributed by atoms with van der Waals surface area (Å²) in [6, 6.07) is 20.2. The van der Waals surface area contributed by atoms with Crippen LogP contribution < -0.4 is 9.47 Å². The van der Waals surface area contributed by atoms with Crippen molar-refractivity contribution in [2.45, 2.75) is 43.9 Å². The van der Waals surface area contributed by atoms with Gasteiger partial charge in [-0.1, -0.05) is 43.5 Å². The van der Waals surface area contributed by atoms with Crippen molar-refractivity contribution in [2.75, 3.05) is 14.2 Å². The van der Waals surface area contributed by atoms with E-state index in [1.54, 1.807) is 14.2 Å². The normalized spacial score (nSPS) is 12.4. The molecule has 0 amide bonds. The molecule has 2 aromatic rings. The Labute approximate surface area is 162 Å². The van der Waals surface area contributed by atoms with Gasteiger partial charge in [0.25, 0.3) is 0 Å². The van der Waals surface area contributed by atoms with Gasteiger partial charge in [-0.15, -0.1) is 0 Å². The SMILES string of the molecule is COc1ccc(C(C#N)CCCCCC(C#N)c2ccc(OC)cc2)cc1. The number of benzene rings is 2. The van der Waals surface area contributed by atoms with E-state index < -0.39 is 0 Å². The highest BCUT2D eigenvalue weighted by Crippen LogP contribution is 2.27. The molecular weight excluding hydrogens is 336 g/mol. The molecule has 0 N–H and O–H groups in total. The van der Waals surface area contributed by atoms with Crippen molar-refractivity contribution in [3.8, 4) is 23.6 Å². The van der Waals surface area contributed by atoms with Crippen LogP contribution in [-0.4, -0.2) is 14.2 Å². The fourth-order valence-electron chi connectivity index (χ4n) is 3.16. The molecule has 2 atom stereocenters. The highest BCUT2D eigenvalue weighted by Gasteiger charge is 2.12. The first-order chi connectivity index (χ1) is 13.2. The molecule has 0 heterocycles. The Bertz CT molecular complexity index is 703. The van der Waals surface area contributed by atoms with Crippen LogP contribution in [0.5, 0.6) is 11.5 Å². The van der Waals surface area contributed by atoms with E-state index in [1.165, 1.54) is 0 Å². The van der Waals surface area contributed by atoms with Crippen LogP contribution in [0.4, 0.5) is 0 Å². The first kappa shape index (κ1) is 20.3. The average Bonchev–Trinajstić information content (AvgIpc) is 2.74. The Morgan fingerprint density at radius 3 is 1.33 bits per heavy atom. The highest BCUT2D eigenvalue weighted by molar-refractivity contribution is 5.32. The summed E-state index contributed by atoms with van der Waals surface area (Å²) in [4.78, 5) is 0. The molecule has 0 aliphatic heterocycles. The van der Waals surface area contributed by atoms with Crippen LogP contribution in [0.2, 0.25) is 0 Å². The summed E-state index contributed by atoms with van der Waals surface area (Å²) in [6.07, 6.45) is 4.64. The fourth-order valence-corrected chi connectivity index (χ4v) is 3.16. The van der Waals surface area contributed by atoms with Crippen LogP contribution in [0.1, 0.15) is 55.1 Å². The topological polar surface area (TPSA) is 66.0 Å². The summed E-state index contributed by atoms with van der Waals surface area (Å²) < 4.78 is 10.3. The van der Waals surface area contributed by atoms with E-state index in [0.717, 1.165) is 54.7 Å². The van der Waals surface area contributed by atoms with Crippen LogP contribution in [0.3, 0.4) is 0 Å². The Kier molecular flexibility index (Phi) is 8.20. The fraction of sp³-hybridized carbons (Fsp3) is 0.391. The van der Waals surface area contributed by atoms with Crippen molar-refractivity contribution in [1.29, 1.82) is 10.5 Å². The van der Waals surface area contributed by atoms with Crippen molar-refractivity contribution in [2.24, 2.45) is 0 Å². The molecule has 27 heavy (non-hydrogen) atoms. The standard InChI is InChI=1S/C23H26N2O2/c1-26-22-12-8-18(9-13-22)20(16-24)6-4-3-5-7-21(17-25)19-10-14-23(27-2)15-11-19/h8-15,20-21H,3-7H2,1-2H3. The lowest BCUT2D eigenvalue weighted by Crippen LogP contribution is -1.98. The van der Waals surface area contributed by atoms with Crippen LogP contribution in [0.15, 0.2) is 48.5 Å². The number of unbranched alkanes of at least 4 members (excludes halogenated alkanes) is 2. The summed E-state index contributed by atoms with van der Waals surface area (Å²) in [5.74, 6) is 1.42. The van der Waals surface area contributed by atoms with Gasteiger partial charge in [0.2, 0.25) is 0 Å². The molecule has 0 bridgehead atoms. The molecule has 0 saturated heterocycles. The number of methoxy groups -OCH3 is 2. The Morgan fingerprint density at radius 2 is 1.04 bits per heavy atom. The Balaban J connectivity index is 1.77. The van der Waals surface area contributed by atoms with Gasteiger partial charge in [-0.05, 0) is 48.2 Å². The molecule has 4 heteroatoms. The first-order valence-corrected chi connectivity index (χ1v) is 9.29. The number of hydrogen-bond acceptors (Lipinski definition) is 4. The smallest absolute Gasteiger partial charge is 0.118 e. The van der Waals surface area contributed by atoms with E-state index >= 15 is 0 Å². The molecule has 2 aromatic carbocycles. The monoisotopic (exact) mass is 362 g/mol. The first-order valence-electron chi connectivity index (χ1n) is 9.29. The molecule has 0 saturated carbocycles. The summed E-state index contributed by atoms with van der Waals surface area (Å²) in [5, 5.41) is 18.9. The van der Waals surface area contributed by atoms with Gasteiger partial charge >= 0.3 is 0 Å². The van der Waals surface area contributed by atoms with Crippen molar-refractivity contribution in [3.63, 3.8) is 0 Å². The lowest BCUT2D eigenvalue weighted by Gasteiger charge is -2.12. The van der Waals surface area contributed by atoms with Crippen molar-refractivity contribution in [1.82, 2.24) is 0 Å². The van der Waals surface area contributed by atoms with E-state index in [9.17, 15) is 10.5 Å². The van der Waals surface area contributed by atoms with Gasteiger partial charge < -0.3 is 9.47 Å². The molecule has 0 aromatic heterocycles. The van der Waals surface area contributed by atoms with E-state index in [2.05, 4.69) is 12.1 Å². The zero-order valence-electron chi connectivity index (χ0n) is 16.0. The van der Waals surface area contributed by atoms with Gasteiger partial charge in [-0.3, -0.25) is 0 Å². The lowest BCUT2D eigenvalue weighted by molar-refractivity contribution is 0.414.